The van der Waals surface area contributed by atoms with E-state index in [9.17, 15) is 4.79 Å². The molecule has 1 rings (SSSR count). The molecule has 100 valence electrons. The maximum atomic E-state index is 11.5. The zero-order valence-corrected chi connectivity index (χ0v) is 11.3. The number of pyridine rings is 1. The lowest BCUT2D eigenvalue weighted by molar-refractivity contribution is -0.121. The van der Waals surface area contributed by atoms with Gasteiger partial charge in [0.25, 0.3) is 0 Å². The number of nitrogens with zero attached hydrogens (tertiary/aromatic N) is 1. The molecule has 0 aliphatic rings. The van der Waals surface area contributed by atoms with Gasteiger partial charge in [0.2, 0.25) is 5.91 Å². The van der Waals surface area contributed by atoms with Crippen molar-refractivity contribution in [3.05, 3.63) is 30.1 Å². The highest BCUT2D eigenvalue weighted by Gasteiger charge is 2.01. The standard InChI is InChI=1S/C14H23N3O/c1-12(2)5-9-17-14(18)6-8-16-11-13-4-3-7-15-10-13/h3-4,7,10,12,16H,5-6,8-9,11H2,1-2H3,(H,17,18). The Balaban J connectivity index is 2.02. The van der Waals surface area contributed by atoms with E-state index in [2.05, 4.69) is 29.5 Å². The van der Waals surface area contributed by atoms with Crippen LogP contribution in [0.25, 0.3) is 0 Å². The van der Waals surface area contributed by atoms with Crippen molar-refractivity contribution >= 4 is 5.91 Å². The molecule has 1 heterocycles. The first-order valence-corrected chi connectivity index (χ1v) is 6.55. The van der Waals surface area contributed by atoms with Crippen LogP contribution in [0.4, 0.5) is 0 Å². The lowest BCUT2D eigenvalue weighted by Gasteiger charge is -2.07. The normalized spacial score (nSPS) is 10.6. The molecular weight excluding hydrogens is 226 g/mol. The number of aromatic nitrogens is 1. The molecule has 0 aliphatic heterocycles. The second kappa shape index (κ2) is 8.64. The van der Waals surface area contributed by atoms with Gasteiger partial charge in [-0.25, -0.2) is 0 Å². The average molecular weight is 249 g/mol. The smallest absolute Gasteiger partial charge is 0.221 e. The average Bonchev–Trinajstić information content (AvgIpc) is 2.35. The van der Waals surface area contributed by atoms with Crippen molar-refractivity contribution in [1.82, 2.24) is 15.6 Å². The minimum Gasteiger partial charge on any atom is -0.356 e. The molecule has 0 unspecified atom stereocenters. The summed E-state index contributed by atoms with van der Waals surface area (Å²) < 4.78 is 0. The van der Waals surface area contributed by atoms with Gasteiger partial charge in [-0.1, -0.05) is 19.9 Å². The zero-order chi connectivity index (χ0) is 13.2. The Kier molecular flexibility index (Phi) is 7.03. The van der Waals surface area contributed by atoms with E-state index in [0.717, 1.165) is 25.1 Å². The van der Waals surface area contributed by atoms with Crippen LogP contribution in [0.1, 0.15) is 32.3 Å². The number of amides is 1. The second-order valence-electron chi connectivity index (χ2n) is 4.82. The predicted octanol–water partition coefficient (Wildman–Crippen LogP) is 1.72. The maximum Gasteiger partial charge on any atom is 0.221 e. The van der Waals surface area contributed by atoms with Gasteiger partial charge in [0.05, 0.1) is 0 Å². The SMILES string of the molecule is CC(C)CCNC(=O)CCNCc1cccnc1. The highest BCUT2D eigenvalue weighted by molar-refractivity contribution is 5.75. The molecule has 0 saturated carbocycles. The molecule has 1 amide bonds. The fraction of sp³-hybridized carbons (Fsp3) is 0.571. The molecule has 0 aliphatic carbocycles. The predicted molar refractivity (Wildman–Crippen MR) is 73.0 cm³/mol. The first kappa shape index (κ1) is 14.6. The van der Waals surface area contributed by atoms with E-state index < -0.39 is 0 Å². The van der Waals surface area contributed by atoms with E-state index in [4.69, 9.17) is 0 Å². The van der Waals surface area contributed by atoms with Crippen molar-refractivity contribution in [1.29, 1.82) is 0 Å². The van der Waals surface area contributed by atoms with Gasteiger partial charge in [0.15, 0.2) is 0 Å². The van der Waals surface area contributed by atoms with Crippen molar-refractivity contribution in [2.45, 2.75) is 33.2 Å². The Morgan fingerprint density at radius 2 is 2.22 bits per heavy atom. The van der Waals surface area contributed by atoms with E-state index in [1.54, 1.807) is 6.20 Å². The van der Waals surface area contributed by atoms with Crippen LogP contribution in [0.5, 0.6) is 0 Å². The summed E-state index contributed by atoms with van der Waals surface area (Å²) in [5.41, 5.74) is 1.14. The van der Waals surface area contributed by atoms with E-state index in [1.807, 2.05) is 18.3 Å². The number of carbonyl (C=O) groups is 1. The monoisotopic (exact) mass is 249 g/mol. The van der Waals surface area contributed by atoms with Gasteiger partial charge in [0, 0.05) is 38.4 Å². The van der Waals surface area contributed by atoms with Crippen LogP contribution in [0.3, 0.4) is 0 Å². The number of rotatable bonds is 8. The Morgan fingerprint density at radius 1 is 1.39 bits per heavy atom. The molecule has 18 heavy (non-hydrogen) atoms. The van der Waals surface area contributed by atoms with Crippen LogP contribution in [-0.4, -0.2) is 24.0 Å². The van der Waals surface area contributed by atoms with Crippen molar-refractivity contribution in [3.8, 4) is 0 Å². The van der Waals surface area contributed by atoms with Crippen LogP contribution in [0, 0.1) is 5.92 Å². The molecule has 1 aromatic rings. The molecule has 0 aromatic carbocycles. The molecule has 0 bridgehead atoms. The summed E-state index contributed by atoms with van der Waals surface area (Å²) in [5, 5.41) is 6.15. The van der Waals surface area contributed by atoms with Crippen LogP contribution >= 0.6 is 0 Å². The largest absolute Gasteiger partial charge is 0.356 e. The van der Waals surface area contributed by atoms with Crippen molar-refractivity contribution in [3.63, 3.8) is 0 Å². The van der Waals surface area contributed by atoms with Crippen LogP contribution < -0.4 is 10.6 Å². The van der Waals surface area contributed by atoms with Crippen LogP contribution in [0.15, 0.2) is 24.5 Å². The first-order valence-electron chi connectivity index (χ1n) is 6.55. The molecule has 0 spiro atoms. The van der Waals surface area contributed by atoms with Gasteiger partial charge in [-0.05, 0) is 24.0 Å². The summed E-state index contributed by atoms with van der Waals surface area (Å²) in [6.45, 7) is 6.54. The lowest BCUT2D eigenvalue weighted by Crippen LogP contribution is -2.28. The lowest BCUT2D eigenvalue weighted by atomic mass is 10.1. The number of nitrogens with one attached hydrogen (secondary N) is 2. The third-order valence-corrected chi connectivity index (χ3v) is 2.62. The first-order chi connectivity index (χ1) is 8.68. The summed E-state index contributed by atoms with van der Waals surface area (Å²) in [6.07, 6.45) is 5.15. The van der Waals surface area contributed by atoms with Gasteiger partial charge in [0.1, 0.15) is 0 Å². The summed E-state index contributed by atoms with van der Waals surface area (Å²) >= 11 is 0. The third kappa shape index (κ3) is 7.01. The Labute approximate surface area is 109 Å². The van der Waals surface area contributed by atoms with Crippen LogP contribution in [0.2, 0.25) is 0 Å². The van der Waals surface area contributed by atoms with E-state index in [-0.39, 0.29) is 5.91 Å². The summed E-state index contributed by atoms with van der Waals surface area (Å²) in [6, 6.07) is 3.93. The number of carbonyl (C=O) groups excluding carboxylic acids is 1. The minimum atomic E-state index is 0.120. The third-order valence-electron chi connectivity index (χ3n) is 2.62. The molecule has 0 atom stereocenters. The highest BCUT2D eigenvalue weighted by atomic mass is 16.1. The quantitative estimate of drug-likeness (QED) is 0.690. The molecule has 0 saturated heterocycles. The fourth-order valence-corrected chi connectivity index (χ4v) is 1.53. The molecule has 2 N–H and O–H groups in total. The zero-order valence-electron chi connectivity index (χ0n) is 11.3. The van der Waals surface area contributed by atoms with Gasteiger partial charge in [-0.15, -0.1) is 0 Å². The van der Waals surface area contributed by atoms with E-state index in [0.29, 0.717) is 18.9 Å². The van der Waals surface area contributed by atoms with E-state index in [1.165, 1.54) is 0 Å². The van der Waals surface area contributed by atoms with E-state index >= 15 is 0 Å². The van der Waals surface area contributed by atoms with Crippen molar-refractivity contribution in [2.75, 3.05) is 13.1 Å². The van der Waals surface area contributed by atoms with Gasteiger partial charge >= 0.3 is 0 Å². The Hall–Kier alpha value is -1.42. The fourth-order valence-electron chi connectivity index (χ4n) is 1.53. The summed E-state index contributed by atoms with van der Waals surface area (Å²) in [7, 11) is 0. The van der Waals surface area contributed by atoms with Crippen LogP contribution in [-0.2, 0) is 11.3 Å². The summed E-state index contributed by atoms with van der Waals surface area (Å²) in [4.78, 5) is 15.5. The number of hydrogen-bond acceptors (Lipinski definition) is 3. The topological polar surface area (TPSA) is 54.0 Å². The maximum absolute atomic E-state index is 11.5. The Bertz CT molecular complexity index is 338. The summed E-state index contributed by atoms with van der Waals surface area (Å²) in [5.74, 6) is 0.753. The van der Waals surface area contributed by atoms with Crippen molar-refractivity contribution in [2.24, 2.45) is 5.92 Å². The molecule has 0 radical (unpaired) electrons. The number of hydrogen-bond donors (Lipinski definition) is 2. The van der Waals surface area contributed by atoms with Crippen molar-refractivity contribution < 1.29 is 4.79 Å². The molecule has 4 nitrogen and oxygen atoms in total. The molecule has 4 heteroatoms. The van der Waals surface area contributed by atoms with Gasteiger partial charge in [-0.3, -0.25) is 9.78 Å². The highest BCUT2D eigenvalue weighted by Crippen LogP contribution is 1.96. The van der Waals surface area contributed by atoms with Gasteiger partial charge < -0.3 is 10.6 Å². The molecular formula is C14H23N3O. The van der Waals surface area contributed by atoms with Gasteiger partial charge in [-0.2, -0.15) is 0 Å². The second-order valence-corrected chi connectivity index (χ2v) is 4.82. The molecule has 1 aromatic heterocycles. The minimum absolute atomic E-state index is 0.120. The molecule has 0 fully saturated rings. The Morgan fingerprint density at radius 3 is 2.89 bits per heavy atom.